The van der Waals surface area contributed by atoms with Crippen molar-refractivity contribution in [2.24, 2.45) is 0 Å². The van der Waals surface area contributed by atoms with Crippen LogP contribution in [0.1, 0.15) is 29.2 Å². The second-order valence-corrected chi connectivity index (χ2v) is 10.0. The van der Waals surface area contributed by atoms with Crippen LogP contribution in [0.2, 0.25) is 0 Å². The van der Waals surface area contributed by atoms with Crippen LogP contribution in [0.15, 0.2) is 120 Å². The molecule has 3 aromatic carbocycles. The van der Waals surface area contributed by atoms with Crippen LogP contribution in [-0.2, 0) is 20.1 Å². The molecule has 0 bridgehead atoms. The average Bonchev–Trinajstić information content (AvgIpc) is 3.52. The predicted octanol–water partition coefficient (Wildman–Crippen LogP) is 9.53. The summed E-state index contributed by atoms with van der Waals surface area (Å²) in [6, 6.07) is 32.8. The van der Waals surface area contributed by atoms with Gasteiger partial charge in [-0.25, -0.2) is 4.98 Å². The van der Waals surface area contributed by atoms with Gasteiger partial charge in [-0.3, -0.25) is 4.98 Å². The quantitative estimate of drug-likeness (QED) is 0.168. The Morgan fingerprint density at radius 1 is 0.733 bits per heavy atom. The van der Waals surface area contributed by atoms with Crippen molar-refractivity contribution < 1.29 is 36.9 Å². The third kappa shape index (κ3) is 6.16. The van der Waals surface area contributed by atoms with Crippen LogP contribution < -0.4 is 0 Å². The molecule has 0 fully saturated rings. The number of hydrogen-bond donors (Lipinski definition) is 0. The van der Waals surface area contributed by atoms with Gasteiger partial charge in [-0.05, 0) is 71.4 Å². The summed E-state index contributed by atoms with van der Waals surface area (Å²) in [4.78, 5) is 17.1. The Balaban J connectivity index is 0.000000205. The SMILES string of the molecule is [2H]C([2H])([2H])c1c[c-]c(-c2ccc(C([2H])([2H])[2H])cn2)cc1.[2H]C([2H])([2H])c1ccc2c(n1)oc1c(-c3cc(-c4cccc5cnccc45)ccn3)[c-]ccc12.[Ir]. The van der Waals surface area contributed by atoms with E-state index >= 15 is 0 Å². The molecule has 8 aromatic rings. The number of fused-ring (bicyclic) bond motifs is 4. The zero-order valence-electron chi connectivity index (χ0n) is 32.5. The molecule has 0 aliphatic carbocycles. The van der Waals surface area contributed by atoms with Gasteiger partial charge >= 0.3 is 0 Å². The minimum Gasteiger partial charge on any atom is -0.486 e. The topological polar surface area (TPSA) is 64.7 Å². The molecule has 45 heavy (non-hydrogen) atoms. The van der Waals surface area contributed by atoms with Crippen molar-refractivity contribution in [3.05, 3.63) is 145 Å². The molecule has 0 atom stereocenters. The van der Waals surface area contributed by atoms with Crippen molar-refractivity contribution in [3.63, 3.8) is 0 Å². The summed E-state index contributed by atoms with van der Waals surface area (Å²) in [5.41, 5.74) is 5.92. The van der Waals surface area contributed by atoms with Crippen LogP contribution in [0.4, 0.5) is 0 Å². The van der Waals surface area contributed by atoms with Gasteiger partial charge in [-0.15, -0.1) is 53.6 Å². The Hall–Kier alpha value is -5.03. The van der Waals surface area contributed by atoms with Crippen molar-refractivity contribution in [2.45, 2.75) is 20.6 Å². The Bertz CT molecular complexity index is 2520. The number of nitrogens with zero attached hydrogens (tertiary/aromatic N) is 4. The normalized spacial score (nSPS) is 14.6. The van der Waals surface area contributed by atoms with Crippen molar-refractivity contribution in [1.29, 1.82) is 0 Å². The Morgan fingerprint density at radius 3 is 2.49 bits per heavy atom. The van der Waals surface area contributed by atoms with E-state index in [0.29, 0.717) is 28.1 Å². The van der Waals surface area contributed by atoms with E-state index in [4.69, 9.17) is 16.8 Å². The van der Waals surface area contributed by atoms with Crippen LogP contribution >= 0.6 is 0 Å². The zero-order valence-corrected chi connectivity index (χ0v) is 25.9. The summed E-state index contributed by atoms with van der Waals surface area (Å²) in [6.07, 6.45) is 6.71. The van der Waals surface area contributed by atoms with Gasteiger partial charge in [0.05, 0.1) is 5.58 Å². The molecule has 5 nitrogen and oxygen atoms in total. The molecule has 0 N–H and O–H groups in total. The van der Waals surface area contributed by atoms with Crippen LogP contribution in [0.5, 0.6) is 0 Å². The van der Waals surface area contributed by atoms with E-state index in [9.17, 15) is 0 Å². The first-order valence-electron chi connectivity index (χ1n) is 18.2. The predicted molar refractivity (Wildman–Crippen MR) is 177 cm³/mol. The van der Waals surface area contributed by atoms with Crippen LogP contribution in [-0.4, -0.2) is 19.9 Å². The molecule has 221 valence electrons. The molecular formula is C39H28IrN4O-2. The minimum atomic E-state index is -2.30. The van der Waals surface area contributed by atoms with Gasteiger partial charge in [0.2, 0.25) is 5.71 Å². The fourth-order valence-corrected chi connectivity index (χ4v) is 5.06. The van der Waals surface area contributed by atoms with E-state index in [1.165, 1.54) is 30.5 Å². The van der Waals surface area contributed by atoms with Gasteiger partial charge in [0.25, 0.3) is 0 Å². The fraction of sp³-hybridized carbons (Fsp3) is 0.0769. The van der Waals surface area contributed by atoms with E-state index in [1.807, 2.05) is 48.7 Å². The summed E-state index contributed by atoms with van der Waals surface area (Å²) < 4.78 is 72.6. The zero-order chi connectivity index (χ0) is 37.5. The van der Waals surface area contributed by atoms with E-state index in [0.717, 1.165) is 32.7 Å². The molecule has 0 saturated carbocycles. The van der Waals surface area contributed by atoms with Gasteiger partial charge in [-0.2, -0.15) is 0 Å². The van der Waals surface area contributed by atoms with Crippen molar-refractivity contribution >= 4 is 32.8 Å². The summed E-state index contributed by atoms with van der Waals surface area (Å²) in [7, 11) is 0. The molecule has 0 amide bonds. The van der Waals surface area contributed by atoms with E-state index in [1.54, 1.807) is 30.6 Å². The van der Waals surface area contributed by atoms with Gasteiger partial charge in [0.15, 0.2) is 0 Å². The first kappa shape index (κ1) is 20.8. The number of aromatic nitrogens is 4. The number of rotatable bonds is 3. The monoisotopic (exact) mass is 770 g/mol. The molecule has 0 aliphatic rings. The number of benzene rings is 3. The first-order chi connectivity index (χ1) is 25.2. The third-order valence-corrected chi connectivity index (χ3v) is 7.16. The molecule has 0 spiro atoms. The summed E-state index contributed by atoms with van der Waals surface area (Å²) in [5, 5.41) is 3.77. The Kier molecular flexibility index (Phi) is 5.98. The van der Waals surface area contributed by atoms with Crippen molar-refractivity contribution in [3.8, 4) is 33.6 Å². The molecule has 0 saturated heterocycles. The maximum absolute atomic E-state index is 7.63. The van der Waals surface area contributed by atoms with E-state index in [-0.39, 0.29) is 42.6 Å². The molecule has 0 aliphatic heterocycles. The molecule has 6 heteroatoms. The maximum Gasteiger partial charge on any atom is 0.216 e. The number of pyridine rings is 4. The van der Waals surface area contributed by atoms with Crippen LogP contribution in [0.3, 0.4) is 0 Å². The van der Waals surface area contributed by atoms with E-state index in [2.05, 4.69) is 38.1 Å². The van der Waals surface area contributed by atoms with Crippen LogP contribution in [0, 0.1) is 32.7 Å². The van der Waals surface area contributed by atoms with Gasteiger partial charge < -0.3 is 14.4 Å². The largest absolute Gasteiger partial charge is 0.486 e. The van der Waals surface area contributed by atoms with Crippen molar-refractivity contribution in [1.82, 2.24) is 19.9 Å². The molecule has 0 unspecified atom stereocenters. The fourth-order valence-electron chi connectivity index (χ4n) is 5.06. The number of hydrogen-bond acceptors (Lipinski definition) is 5. The van der Waals surface area contributed by atoms with Crippen LogP contribution in [0.25, 0.3) is 66.5 Å². The second-order valence-electron chi connectivity index (χ2n) is 10.0. The molecule has 1 radical (unpaired) electrons. The third-order valence-electron chi connectivity index (χ3n) is 7.16. The van der Waals surface area contributed by atoms with Gasteiger partial charge in [0, 0.05) is 73.7 Å². The summed E-state index contributed by atoms with van der Waals surface area (Å²) >= 11 is 0. The molecule has 5 heterocycles. The Labute approximate surface area is 288 Å². The second kappa shape index (κ2) is 12.9. The summed E-state index contributed by atoms with van der Waals surface area (Å²) in [5.74, 6) is 0. The summed E-state index contributed by atoms with van der Waals surface area (Å²) in [6.45, 7) is -6.64. The number of furan rings is 1. The first-order valence-corrected chi connectivity index (χ1v) is 13.7. The van der Waals surface area contributed by atoms with Crippen molar-refractivity contribution in [2.75, 3.05) is 0 Å². The molecule has 5 aromatic heterocycles. The van der Waals surface area contributed by atoms with Gasteiger partial charge in [0.1, 0.15) is 0 Å². The maximum atomic E-state index is 7.63. The smallest absolute Gasteiger partial charge is 0.216 e. The van der Waals surface area contributed by atoms with Gasteiger partial charge in [-0.1, -0.05) is 54.2 Å². The molecule has 8 rings (SSSR count). The number of aryl methyl sites for hydroxylation is 3. The average molecular weight is 770 g/mol. The molecular weight excluding hydrogens is 733 g/mol. The standard InChI is InChI=1S/C26H16N3O.C13H12N.Ir/c1-16-8-9-22-21-6-3-7-23(25(21)30-26(22)29-16)24-14-17(10-13-28-24)19-5-2-4-18-15-27-12-11-20(18)19;1-10-3-6-12(7-4-10)13-8-5-11(2)9-14-13;/h2-6,8-15H,1H3;3-6,8-9H,1-2H3;/q2*-1;/i1D3;1D3,2D3;. The van der Waals surface area contributed by atoms with E-state index < -0.39 is 20.6 Å². The minimum absolute atomic E-state index is 0. The Morgan fingerprint density at radius 2 is 1.67 bits per heavy atom.